The molecule has 0 aliphatic rings. The molecule has 6 N–H and O–H groups in total. The first-order valence-electron chi connectivity index (χ1n) is 4.56. The third kappa shape index (κ3) is 3.43. The van der Waals surface area contributed by atoms with Crippen LogP contribution in [0.25, 0.3) is 5.83 Å². The van der Waals surface area contributed by atoms with E-state index >= 15 is 0 Å². The fraction of sp³-hybridized carbons (Fsp3) is 0. The van der Waals surface area contributed by atoms with Gasteiger partial charge < -0.3 is 5.73 Å². The predicted molar refractivity (Wildman–Crippen MR) is 68.6 cm³/mol. The van der Waals surface area contributed by atoms with Crippen LogP contribution in [0.5, 0.6) is 0 Å². The van der Waals surface area contributed by atoms with Crippen molar-refractivity contribution >= 4 is 43.2 Å². The Hall–Kier alpha value is -1.27. The van der Waals surface area contributed by atoms with Gasteiger partial charge in [-0.15, -0.1) is 0 Å². The Kier molecular flexibility index (Phi) is 4.41. The molecule has 0 atom stereocenters. The van der Waals surface area contributed by atoms with Crippen molar-refractivity contribution in [3.63, 3.8) is 0 Å². The minimum absolute atomic E-state index is 0.385. The molecule has 1 aromatic carbocycles. The first-order valence-corrected chi connectivity index (χ1v) is 8.03. The maximum Gasteiger partial charge on any atom is 0.240 e. The highest BCUT2D eigenvalue weighted by Crippen LogP contribution is 2.34. The topological polar surface area (TPSA) is 146 Å². The Morgan fingerprint density at radius 1 is 1.05 bits per heavy atom. The summed E-state index contributed by atoms with van der Waals surface area (Å²) in [7, 11) is -9.37. The van der Waals surface area contributed by atoms with Crippen molar-refractivity contribution in [2.24, 2.45) is 10.3 Å². The smallest absolute Gasteiger partial charge is 0.240 e. The molecule has 1 rings (SSSR count). The fourth-order valence-electron chi connectivity index (χ4n) is 1.39. The van der Waals surface area contributed by atoms with Gasteiger partial charge in [0.1, 0.15) is 9.79 Å². The lowest BCUT2D eigenvalue weighted by Gasteiger charge is -2.12. The first-order chi connectivity index (χ1) is 8.85. The van der Waals surface area contributed by atoms with Gasteiger partial charge in [0.15, 0.2) is 5.83 Å². The van der Waals surface area contributed by atoms with Crippen LogP contribution in [-0.2, 0) is 20.0 Å². The molecule has 1 aromatic rings. The van der Waals surface area contributed by atoms with E-state index < -0.39 is 46.5 Å². The Bertz CT molecular complexity index is 801. The van der Waals surface area contributed by atoms with Crippen molar-refractivity contribution in [1.82, 2.24) is 0 Å². The summed E-state index contributed by atoms with van der Waals surface area (Å²) in [5.74, 6) is -1.84. The number of sulfonamides is 2. The summed E-state index contributed by atoms with van der Waals surface area (Å²) in [6.07, 6.45) is 0. The van der Waals surface area contributed by atoms with Crippen molar-refractivity contribution in [1.29, 1.82) is 0 Å². The molecule has 0 fully saturated rings. The number of halogens is 3. The molecule has 0 spiro atoms. The van der Waals surface area contributed by atoms with Crippen LogP contribution in [0.2, 0.25) is 0 Å². The van der Waals surface area contributed by atoms with Gasteiger partial charge in [-0.1, -0.05) is 0 Å². The number of nitrogens with two attached hydrogens (primary N) is 3. The molecule has 7 nitrogen and oxygen atoms in total. The number of hydrogen-bond acceptors (Lipinski definition) is 5. The Morgan fingerprint density at radius 2 is 1.55 bits per heavy atom. The molecular formula is C8H8ClF2N3O4S2. The molecule has 0 heterocycles. The van der Waals surface area contributed by atoms with Crippen LogP contribution in [-0.4, -0.2) is 16.8 Å². The molecule has 0 radical (unpaired) electrons. The number of primary sulfonamides is 2. The average Bonchev–Trinajstić information content (AvgIpc) is 2.23. The number of nitrogen functional groups attached to an aromatic ring is 1. The molecule has 12 heteroatoms. The molecule has 0 aliphatic heterocycles. The van der Waals surface area contributed by atoms with Crippen LogP contribution in [0.3, 0.4) is 0 Å². The van der Waals surface area contributed by atoms with E-state index in [2.05, 4.69) is 0 Å². The van der Waals surface area contributed by atoms with Gasteiger partial charge >= 0.3 is 0 Å². The molecular weight excluding hydrogens is 340 g/mol. The summed E-state index contributed by atoms with van der Waals surface area (Å²) in [4.78, 5) is -2.30. The first kappa shape index (κ1) is 16.8. The van der Waals surface area contributed by atoms with Crippen LogP contribution in [0.15, 0.2) is 27.2 Å². The van der Waals surface area contributed by atoms with Crippen molar-refractivity contribution in [2.75, 3.05) is 5.73 Å². The molecule has 0 aliphatic carbocycles. The predicted octanol–water partition coefficient (Wildman–Crippen LogP) is 0.368. The lowest BCUT2D eigenvalue weighted by molar-refractivity contribution is 0.582. The second-order valence-electron chi connectivity index (χ2n) is 3.56. The minimum Gasteiger partial charge on any atom is -0.399 e. The van der Waals surface area contributed by atoms with E-state index in [0.717, 1.165) is 0 Å². The van der Waals surface area contributed by atoms with E-state index in [9.17, 15) is 25.6 Å². The molecule has 112 valence electrons. The largest absolute Gasteiger partial charge is 0.399 e. The van der Waals surface area contributed by atoms with Crippen molar-refractivity contribution < 1.29 is 25.6 Å². The van der Waals surface area contributed by atoms with E-state index in [-0.39, 0.29) is 5.69 Å². The SMILES string of the molecule is Nc1cc(/C(F)=C(\F)Cl)c(S(N)(=O)=O)c(S(N)(=O)=O)c1. The summed E-state index contributed by atoms with van der Waals surface area (Å²) < 4.78 is 71.8. The molecule has 0 bridgehead atoms. The van der Waals surface area contributed by atoms with Crippen molar-refractivity contribution in [3.05, 3.63) is 23.0 Å². The van der Waals surface area contributed by atoms with Crippen LogP contribution in [0.1, 0.15) is 5.56 Å². The Morgan fingerprint density at radius 3 is 1.90 bits per heavy atom. The van der Waals surface area contributed by atoms with Gasteiger partial charge in [0.05, 0.1) is 0 Å². The highest BCUT2D eigenvalue weighted by Gasteiger charge is 2.29. The van der Waals surface area contributed by atoms with Gasteiger partial charge in [-0.05, 0) is 23.7 Å². The number of hydrogen-bond donors (Lipinski definition) is 3. The second-order valence-corrected chi connectivity index (χ2v) is 6.92. The Labute approximate surface area is 118 Å². The highest BCUT2D eigenvalue weighted by molar-refractivity contribution is 7.92. The Balaban J connectivity index is 4.07. The number of anilines is 1. The van der Waals surface area contributed by atoms with Crippen LogP contribution >= 0.6 is 11.6 Å². The number of rotatable bonds is 3. The lowest BCUT2D eigenvalue weighted by atomic mass is 10.2. The minimum atomic E-state index is -4.76. The third-order valence-electron chi connectivity index (χ3n) is 2.07. The van der Waals surface area contributed by atoms with Crippen LogP contribution in [0, 0.1) is 0 Å². The molecule has 0 aromatic heterocycles. The van der Waals surface area contributed by atoms with E-state index in [1.54, 1.807) is 0 Å². The quantitative estimate of drug-likeness (QED) is 0.676. The third-order valence-corrected chi connectivity index (χ3v) is 4.31. The van der Waals surface area contributed by atoms with Gasteiger partial charge in [-0.2, -0.15) is 4.39 Å². The summed E-state index contributed by atoms with van der Waals surface area (Å²) in [6.45, 7) is 0. The summed E-state index contributed by atoms with van der Waals surface area (Å²) >= 11 is 4.78. The van der Waals surface area contributed by atoms with Crippen molar-refractivity contribution in [2.45, 2.75) is 9.79 Å². The van der Waals surface area contributed by atoms with Gasteiger partial charge in [-0.3, -0.25) is 0 Å². The second kappa shape index (κ2) is 5.26. The number of benzene rings is 1. The molecule has 0 saturated carbocycles. The summed E-state index contributed by atoms with van der Waals surface area (Å²) in [5, 5.41) is 7.70. The van der Waals surface area contributed by atoms with E-state index in [4.69, 9.17) is 27.6 Å². The summed E-state index contributed by atoms with van der Waals surface area (Å²) in [6, 6.07) is 1.31. The zero-order chi connectivity index (χ0) is 15.9. The fourth-order valence-corrected chi connectivity index (χ4v) is 3.66. The van der Waals surface area contributed by atoms with E-state index in [0.29, 0.717) is 12.1 Å². The van der Waals surface area contributed by atoms with Gasteiger partial charge in [0.2, 0.25) is 25.3 Å². The van der Waals surface area contributed by atoms with E-state index in [1.165, 1.54) is 0 Å². The van der Waals surface area contributed by atoms with Crippen LogP contribution < -0.4 is 16.0 Å². The standard InChI is InChI=1S/C8H8ClF2N3O4S2/c9-8(11)6(10)4-1-3(12)2-5(19(13,15)16)7(4)20(14,17)18/h1-2H,12H2,(H2,13,15,16)(H2,14,17,18)/b8-6+. The average molecular weight is 348 g/mol. The monoisotopic (exact) mass is 347 g/mol. The zero-order valence-electron chi connectivity index (χ0n) is 9.47. The van der Waals surface area contributed by atoms with Crippen molar-refractivity contribution in [3.8, 4) is 0 Å². The summed E-state index contributed by atoms with van der Waals surface area (Å²) in [5.41, 5.74) is 3.87. The molecule has 0 saturated heterocycles. The molecule has 0 unspecified atom stereocenters. The zero-order valence-corrected chi connectivity index (χ0v) is 11.9. The van der Waals surface area contributed by atoms with Crippen LogP contribution in [0.4, 0.5) is 14.5 Å². The molecule has 0 amide bonds. The molecule has 20 heavy (non-hydrogen) atoms. The van der Waals surface area contributed by atoms with Gasteiger partial charge in [0.25, 0.3) is 0 Å². The lowest BCUT2D eigenvalue weighted by Crippen LogP contribution is -2.22. The normalized spacial score (nSPS) is 14.1. The van der Waals surface area contributed by atoms with E-state index in [1.807, 2.05) is 0 Å². The maximum absolute atomic E-state index is 13.6. The highest BCUT2D eigenvalue weighted by atomic mass is 35.5. The van der Waals surface area contributed by atoms with Gasteiger partial charge in [0, 0.05) is 11.3 Å². The van der Waals surface area contributed by atoms with Gasteiger partial charge in [-0.25, -0.2) is 31.5 Å². The maximum atomic E-state index is 13.6.